The van der Waals surface area contributed by atoms with E-state index in [1.807, 2.05) is 0 Å². The topological polar surface area (TPSA) is 0 Å². The van der Waals surface area contributed by atoms with Crippen LogP contribution in [-0.2, 0) is 10.8 Å². The zero-order valence-corrected chi connectivity index (χ0v) is 22.2. The van der Waals surface area contributed by atoms with Crippen molar-refractivity contribution < 1.29 is 0 Å². The predicted octanol–water partition coefficient (Wildman–Crippen LogP) is 9.55. The fourth-order valence-corrected chi connectivity index (χ4v) is 11.2. The molecule has 188 valence electrons. The van der Waals surface area contributed by atoms with Crippen LogP contribution in [0, 0.1) is 23.7 Å². The third-order valence-corrected chi connectivity index (χ3v) is 11.9. The maximum Gasteiger partial charge on any atom is 0.0277 e. The van der Waals surface area contributed by atoms with E-state index in [2.05, 4.69) is 97.1 Å². The Morgan fingerprint density at radius 2 is 0.579 bits per heavy atom. The Morgan fingerprint density at radius 3 is 0.842 bits per heavy atom. The van der Waals surface area contributed by atoms with Gasteiger partial charge in [-0.05, 0) is 93.9 Å². The van der Waals surface area contributed by atoms with Crippen molar-refractivity contribution in [3.8, 4) is 22.3 Å². The second-order valence-corrected chi connectivity index (χ2v) is 12.9. The van der Waals surface area contributed by atoms with E-state index in [9.17, 15) is 0 Å². The lowest BCUT2D eigenvalue weighted by Crippen LogP contribution is -2.64. The fraction of sp³-hybridized carbons (Fsp3) is 0.368. The van der Waals surface area contributed by atoms with Crippen molar-refractivity contribution >= 4 is 0 Å². The van der Waals surface area contributed by atoms with Crippen molar-refractivity contribution in [2.45, 2.75) is 62.2 Å². The molecule has 0 aromatic heterocycles. The van der Waals surface area contributed by atoms with Crippen LogP contribution in [0.1, 0.15) is 73.6 Å². The molecule has 0 saturated heterocycles. The van der Waals surface area contributed by atoms with E-state index in [0.717, 1.165) is 0 Å². The summed E-state index contributed by atoms with van der Waals surface area (Å²) >= 11 is 0. The molecule has 3 fully saturated rings. The Hall–Kier alpha value is -3.12. The molecule has 5 aliphatic rings. The van der Waals surface area contributed by atoms with Gasteiger partial charge in [-0.25, -0.2) is 0 Å². The van der Waals surface area contributed by atoms with E-state index in [1.165, 1.54) is 73.6 Å². The molecule has 9 rings (SSSR count). The van der Waals surface area contributed by atoms with E-state index >= 15 is 0 Å². The summed E-state index contributed by atoms with van der Waals surface area (Å²) in [5.74, 6) is 2.72. The lowest BCUT2D eigenvalue weighted by molar-refractivity contribution is -0.0683. The van der Waals surface area contributed by atoms with Crippen molar-refractivity contribution in [3.63, 3.8) is 0 Å². The summed E-state index contributed by atoms with van der Waals surface area (Å²) < 4.78 is 0. The average Bonchev–Trinajstić information content (AvgIpc) is 3.46. The SMILES string of the molecule is c1ccc2c(c1)-c1ccccc1C21C2CCCCC2C2(c3ccccc3-c3ccccc32)C2CCCCC21. The summed E-state index contributed by atoms with van der Waals surface area (Å²) in [6.45, 7) is 0. The van der Waals surface area contributed by atoms with Crippen LogP contribution in [0.4, 0.5) is 0 Å². The molecule has 38 heavy (non-hydrogen) atoms. The van der Waals surface area contributed by atoms with Gasteiger partial charge in [-0.3, -0.25) is 0 Å². The molecule has 0 amide bonds. The highest BCUT2D eigenvalue weighted by Crippen LogP contribution is 2.75. The van der Waals surface area contributed by atoms with Crippen molar-refractivity contribution in [2.75, 3.05) is 0 Å². The zero-order chi connectivity index (χ0) is 24.9. The Kier molecular flexibility index (Phi) is 4.42. The van der Waals surface area contributed by atoms with E-state index in [-0.39, 0.29) is 10.8 Å². The van der Waals surface area contributed by atoms with E-state index in [4.69, 9.17) is 0 Å². The first-order valence-electron chi connectivity index (χ1n) is 15.3. The van der Waals surface area contributed by atoms with Crippen molar-refractivity contribution in [1.29, 1.82) is 0 Å². The quantitative estimate of drug-likeness (QED) is 0.229. The third-order valence-electron chi connectivity index (χ3n) is 11.9. The maximum absolute atomic E-state index is 2.54. The highest BCUT2D eigenvalue weighted by molar-refractivity contribution is 5.84. The zero-order valence-electron chi connectivity index (χ0n) is 22.2. The van der Waals surface area contributed by atoms with Gasteiger partial charge in [-0.15, -0.1) is 0 Å². The molecule has 0 radical (unpaired) electrons. The van der Waals surface area contributed by atoms with Crippen LogP contribution < -0.4 is 0 Å². The molecule has 3 saturated carbocycles. The Labute approximate surface area is 227 Å². The molecule has 4 unspecified atom stereocenters. The van der Waals surface area contributed by atoms with Gasteiger partial charge in [-0.2, -0.15) is 0 Å². The standard InChI is InChI=1S/C38H36/c1-5-17-29-25(13-1)26-14-2-6-18-30(26)37(29)33-21-9-11-23-35(33)38(36-24-12-10-22-34(36)37)31-19-7-3-15-27(31)28-16-4-8-20-32(28)38/h1-8,13-20,33-36H,9-12,21-24H2. The number of benzene rings is 4. The van der Waals surface area contributed by atoms with Crippen LogP contribution >= 0.6 is 0 Å². The summed E-state index contributed by atoms with van der Waals surface area (Å²) in [4.78, 5) is 0. The molecule has 0 heterocycles. The van der Waals surface area contributed by atoms with Crippen LogP contribution in [0.15, 0.2) is 97.1 Å². The number of fused-ring (bicyclic) bond motifs is 16. The molecule has 4 aromatic carbocycles. The van der Waals surface area contributed by atoms with Crippen LogP contribution in [0.25, 0.3) is 22.3 Å². The third kappa shape index (κ3) is 2.36. The number of rotatable bonds is 0. The van der Waals surface area contributed by atoms with Gasteiger partial charge in [-0.1, -0.05) is 123 Å². The van der Waals surface area contributed by atoms with E-state index in [0.29, 0.717) is 23.7 Å². The first-order valence-corrected chi connectivity index (χ1v) is 15.3. The molecule has 5 aliphatic carbocycles. The Bertz CT molecular complexity index is 1330. The summed E-state index contributed by atoms with van der Waals surface area (Å²) in [6, 6.07) is 38.4. The summed E-state index contributed by atoms with van der Waals surface area (Å²) in [5.41, 5.74) is 13.1. The second kappa shape index (κ2) is 7.72. The first-order chi connectivity index (χ1) is 18.9. The first kappa shape index (κ1) is 21.8. The minimum Gasteiger partial charge on any atom is -0.0619 e. The van der Waals surface area contributed by atoms with Crippen LogP contribution in [0.2, 0.25) is 0 Å². The van der Waals surface area contributed by atoms with Gasteiger partial charge in [0.25, 0.3) is 0 Å². The van der Waals surface area contributed by atoms with Crippen LogP contribution in [0.3, 0.4) is 0 Å². The predicted molar refractivity (Wildman–Crippen MR) is 156 cm³/mol. The van der Waals surface area contributed by atoms with E-state index in [1.54, 1.807) is 22.3 Å². The molecule has 0 heteroatoms. The maximum atomic E-state index is 2.54. The minimum atomic E-state index is 0.154. The smallest absolute Gasteiger partial charge is 0.0277 e. The van der Waals surface area contributed by atoms with Gasteiger partial charge in [0.05, 0.1) is 0 Å². The van der Waals surface area contributed by atoms with Gasteiger partial charge in [0.2, 0.25) is 0 Å². The normalized spacial score (nSPS) is 28.6. The lowest BCUT2D eigenvalue weighted by atomic mass is 9.36. The number of hydrogen-bond acceptors (Lipinski definition) is 0. The van der Waals surface area contributed by atoms with Gasteiger partial charge in [0.1, 0.15) is 0 Å². The molecule has 2 spiro atoms. The van der Waals surface area contributed by atoms with Crippen molar-refractivity contribution in [3.05, 3.63) is 119 Å². The van der Waals surface area contributed by atoms with Crippen LogP contribution in [-0.4, -0.2) is 0 Å². The molecule has 0 bridgehead atoms. The van der Waals surface area contributed by atoms with Gasteiger partial charge in [0, 0.05) is 10.8 Å². The number of hydrogen-bond donors (Lipinski definition) is 0. The average molecular weight is 493 g/mol. The van der Waals surface area contributed by atoms with Crippen molar-refractivity contribution in [1.82, 2.24) is 0 Å². The molecule has 0 nitrogen and oxygen atoms in total. The molecule has 0 N–H and O–H groups in total. The van der Waals surface area contributed by atoms with Crippen molar-refractivity contribution in [2.24, 2.45) is 23.7 Å². The van der Waals surface area contributed by atoms with Gasteiger partial charge in [0.15, 0.2) is 0 Å². The summed E-state index contributed by atoms with van der Waals surface area (Å²) in [6.07, 6.45) is 11.0. The fourth-order valence-electron chi connectivity index (χ4n) is 11.2. The van der Waals surface area contributed by atoms with Gasteiger partial charge < -0.3 is 0 Å². The highest BCUT2D eigenvalue weighted by atomic mass is 14.7. The monoisotopic (exact) mass is 492 g/mol. The molecular weight excluding hydrogens is 456 g/mol. The largest absolute Gasteiger partial charge is 0.0619 e. The Morgan fingerprint density at radius 1 is 0.342 bits per heavy atom. The van der Waals surface area contributed by atoms with Crippen LogP contribution in [0.5, 0.6) is 0 Å². The molecule has 4 aromatic rings. The van der Waals surface area contributed by atoms with Gasteiger partial charge >= 0.3 is 0 Å². The summed E-state index contributed by atoms with van der Waals surface area (Å²) in [7, 11) is 0. The minimum absolute atomic E-state index is 0.154. The lowest BCUT2D eigenvalue weighted by Gasteiger charge is -2.66. The Balaban J connectivity index is 1.40. The van der Waals surface area contributed by atoms with E-state index < -0.39 is 0 Å². The summed E-state index contributed by atoms with van der Waals surface area (Å²) in [5, 5.41) is 0. The second-order valence-electron chi connectivity index (χ2n) is 12.9. The highest BCUT2D eigenvalue weighted by Gasteiger charge is 2.69. The molecule has 0 aliphatic heterocycles. The molecule has 4 atom stereocenters. The molecular formula is C38H36.